The molecule has 7 heteroatoms. The second-order valence-electron chi connectivity index (χ2n) is 7.13. The molecule has 0 saturated heterocycles. The molecule has 0 bridgehead atoms. The van der Waals surface area contributed by atoms with E-state index in [2.05, 4.69) is 15.4 Å². The van der Waals surface area contributed by atoms with Crippen LogP contribution in [0.4, 0.5) is 11.5 Å². The lowest BCUT2D eigenvalue weighted by molar-refractivity contribution is 0.597. The molecule has 0 aliphatic carbocycles. The first kappa shape index (κ1) is 19.1. The highest BCUT2D eigenvalue weighted by atomic mass is 32.2. The topological polar surface area (TPSA) is 76.4 Å². The Hall–Kier alpha value is -3.19. The van der Waals surface area contributed by atoms with Crippen molar-refractivity contribution in [1.82, 2.24) is 14.6 Å². The molecule has 148 valence electrons. The van der Waals surface area contributed by atoms with Gasteiger partial charge in [-0.3, -0.25) is 0 Å². The van der Waals surface area contributed by atoms with E-state index in [1.165, 1.54) is 0 Å². The van der Waals surface area contributed by atoms with Crippen molar-refractivity contribution in [2.45, 2.75) is 37.5 Å². The zero-order valence-corrected chi connectivity index (χ0v) is 17.6. The Balaban J connectivity index is 2.02. The Morgan fingerprint density at radius 3 is 2.21 bits per heavy atom. The van der Waals surface area contributed by atoms with Crippen LogP contribution in [0, 0.1) is 27.7 Å². The third kappa shape index (κ3) is 3.27. The smallest absolute Gasteiger partial charge is 0.214 e. The molecule has 2 heterocycles. The van der Waals surface area contributed by atoms with E-state index in [-0.39, 0.29) is 15.6 Å². The van der Waals surface area contributed by atoms with Crippen LogP contribution in [0.25, 0.3) is 5.65 Å². The van der Waals surface area contributed by atoms with E-state index >= 15 is 0 Å². The summed E-state index contributed by atoms with van der Waals surface area (Å²) in [5, 5.41) is 7.75. The molecule has 0 radical (unpaired) electrons. The van der Waals surface area contributed by atoms with Gasteiger partial charge >= 0.3 is 0 Å². The third-order valence-corrected chi connectivity index (χ3v) is 6.94. The van der Waals surface area contributed by atoms with E-state index in [0.717, 1.165) is 28.2 Å². The van der Waals surface area contributed by atoms with E-state index in [1.54, 1.807) is 28.8 Å². The molecule has 0 aliphatic heterocycles. The Morgan fingerprint density at radius 1 is 0.897 bits per heavy atom. The summed E-state index contributed by atoms with van der Waals surface area (Å²) in [5.41, 5.74) is 4.68. The predicted octanol–water partition coefficient (Wildman–Crippen LogP) is 4.54. The third-order valence-electron chi connectivity index (χ3n) is 5.13. The molecule has 0 unspecified atom stereocenters. The number of sulfone groups is 1. The van der Waals surface area contributed by atoms with Crippen LogP contribution in [0.1, 0.15) is 22.5 Å². The van der Waals surface area contributed by atoms with Gasteiger partial charge in [0, 0.05) is 17.1 Å². The molecule has 0 atom stereocenters. The monoisotopic (exact) mass is 406 g/mol. The van der Waals surface area contributed by atoms with Gasteiger partial charge in [0.05, 0.1) is 4.90 Å². The van der Waals surface area contributed by atoms with Crippen LogP contribution in [0.3, 0.4) is 0 Å². The van der Waals surface area contributed by atoms with Gasteiger partial charge in [-0.05, 0) is 57.5 Å². The highest BCUT2D eigenvalue weighted by molar-refractivity contribution is 7.91. The summed E-state index contributed by atoms with van der Waals surface area (Å²) in [6, 6.07) is 16.2. The van der Waals surface area contributed by atoms with Crippen molar-refractivity contribution in [2.75, 3.05) is 5.32 Å². The number of hydrogen-bond donors (Lipinski definition) is 1. The van der Waals surface area contributed by atoms with Gasteiger partial charge < -0.3 is 5.32 Å². The summed E-state index contributed by atoms with van der Waals surface area (Å²) in [5.74, 6) is 0.261. The van der Waals surface area contributed by atoms with Gasteiger partial charge in [0.2, 0.25) is 9.84 Å². The highest BCUT2D eigenvalue weighted by Gasteiger charge is 2.30. The number of anilines is 2. The minimum absolute atomic E-state index is 0.0800. The molecule has 0 spiro atoms. The first-order chi connectivity index (χ1) is 13.8. The molecule has 29 heavy (non-hydrogen) atoms. The molecule has 2 aromatic heterocycles. The number of aryl methyl sites for hydroxylation is 3. The minimum atomic E-state index is -3.84. The Labute approximate surface area is 170 Å². The highest BCUT2D eigenvalue weighted by Crippen LogP contribution is 2.33. The standard InChI is InChI=1S/C22H22N4O2S/c1-14-10-12-19(13-11-14)29(27,28)20-21(24-18-8-6-5-7-9-18)25-26-17(4)15(2)16(3)23-22(20)26/h5-13H,1-4H3,(H,24,25). The van der Waals surface area contributed by atoms with Crippen LogP contribution < -0.4 is 5.32 Å². The molecular formula is C22H22N4O2S. The quantitative estimate of drug-likeness (QED) is 0.538. The number of rotatable bonds is 4. The van der Waals surface area contributed by atoms with Gasteiger partial charge in [0.15, 0.2) is 16.4 Å². The number of hydrogen-bond acceptors (Lipinski definition) is 5. The van der Waals surface area contributed by atoms with E-state index in [4.69, 9.17) is 0 Å². The van der Waals surface area contributed by atoms with Crippen molar-refractivity contribution in [3.8, 4) is 0 Å². The Bertz CT molecular complexity index is 1310. The Kier molecular flexibility index (Phi) is 4.62. The van der Waals surface area contributed by atoms with Crippen LogP contribution >= 0.6 is 0 Å². The average molecular weight is 407 g/mol. The van der Waals surface area contributed by atoms with Crippen molar-refractivity contribution in [1.29, 1.82) is 0 Å². The molecule has 4 rings (SSSR count). The molecule has 6 nitrogen and oxygen atoms in total. The van der Waals surface area contributed by atoms with Crippen LogP contribution in [-0.4, -0.2) is 23.0 Å². The number of aromatic nitrogens is 3. The number of nitrogens with one attached hydrogen (secondary N) is 1. The van der Waals surface area contributed by atoms with Gasteiger partial charge in [-0.25, -0.2) is 17.9 Å². The van der Waals surface area contributed by atoms with Crippen LogP contribution in [0.5, 0.6) is 0 Å². The molecule has 0 amide bonds. The summed E-state index contributed by atoms with van der Waals surface area (Å²) >= 11 is 0. The molecule has 4 aromatic rings. The predicted molar refractivity (Wildman–Crippen MR) is 114 cm³/mol. The lowest BCUT2D eigenvalue weighted by Crippen LogP contribution is -2.07. The summed E-state index contributed by atoms with van der Waals surface area (Å²) in [6.45, 7) is 7.67. The molecule has 2 aromatic carbocycles. The number of benzene rings is 2. The van der Waals surface area contributed by atoms with E-state index in [0.29, 0.717) is 5.65 Å². The Morgan fingerprint density at radius 2 is 1.55 bits per heavy atom. The fourth-order valence-corrected chi connectivity index (χ4v) is 4.66. The zero-order chi connectivity index (χ0) is 20.8. The average Bonchev–Trinajstić information content (AvgIpc) is 3.06. The molecular weight excluding hydrogens is 384 g/mol. The lowest BCUT2D eigenvalue weighted by atomic mass is 10.2. The normalized spacial score (nSPS) is 11.7. The van der Waals surface area contributed by atoms with Gasteiger partial charge in [-0.1, -0.05) is 35.9 Å². The molecule has 0 fully saturated rings. The van der Waals surface area contributed by atoms with E-state index in [9.17, 15) is 8.42 Å². The molecule has 1 N–H and O–H groups in total. The van der Waals surface area contributed by atoms with Crippen LogP contribution in [-0.2, 0) is 9.84 Å². The van der Waals surface area contributed by atoms with Gasteiger partial charge in [0.25, 0.3) is 0 Å². The minimum Gasteiger partial charge on any atom is -0.338 e. The van der Waals surface area contributed by atoms with Crippen LogP contribution in [0.15, 0.2) is 64.4 Å². The number of para-hydroxylation sites is 1. The van der Waals surface area contributed by atoms with Crippen molar-refractivity contribution in [3.63, 3.8) is 0 Å². The van der Waals surface area contributed by atoms with Gasteiger partial charge in [-0.15, -0.1) is 5.10 Å². The second-order valence-corrected chi connectivity index (χ2v) is 9.01. The van der Waals surface area contributed by atoms with Gasteiger partial charge in [0.1, 0.15) is 0 Å². The summed E-state index contributed by atoms with van der Waals surface area (Å²) in [4.78, 5) is 4.88. The maximum Gasteiger partial charge on any atom is 0.214 e. The van der Waals surface area contributed by atoms with E-state index < -0.39 is 9.84 Å². The number of fused-ring (bicyclic) bond motifs is 1. The largest absolute Gasteiger partial charge is 0.338 e. The SMILES string of the molecule is Cc1ccc(S(=O)(=O)c2c(Nc3ccccc3)nn3c(C)c(C)c(C)nc23)cc1. The first-order valence-corrected chi connectivity index (χ1v) is 10.8. The summed E-state index contributed by atoms with van der Waals surface area (Å²) in [7, 11) is -3.84. The second kappa shape index (κ2) is 7.00. The fourth-order valence-electron chi connectivity index (χ4n) is 3.21. The summed E-state index contributed by atoms with van der Waals surface area (Å²) in [6.07, 6.45) is 0. The van der Waals surface area contributed by atoms with Crippen molar-refractivity contribution >= 4 is 27.0 Å². The molecule has 0 saturated carbocycles. The fraction of sp³-hybridized carbons (Fsp3) is 0.182. The van der Waals surface area contributed by atoms with Crippen LogP contribution in [0.2, 0.25) is 0 Å². The lowest BCUT2D eigenvalue weighted by Gasteiger charge is -2.09. The maximum absolute atomic E-state index is 13.6. The zero-order valence-electron chi connectivity index (χ0n) is 16.8. The maximum atomic E-state index is 13.6. The first-order valence-electron chi connectivity index (χ1n) is 9.29. The van der Waals surface area contributed by atoms with Gasteiger partial charge in [-0.2, -0.15) is 0 Å². The van der Waals surface area contributed by atoms with Crippen molar-refractivity contribution in [3.05, 3.63) is 77.1 Å². The number of nitrogens with zero attached hydrogens (tertiary/aromatic N) is 3. The van der Waals surface area contributed by atoms with E-state index in [1.807, 2.05) is 58.0 Å². The summed E-state index contributed by atoms with van der Waals surface area (Å²) < 4.78 is 28.8. The molecule has 0 aliphatic rings. The van der Waals surface area contributed by atoms with Crippen molar-refractivity contribution in [2.24, 2.45) is 0 Å². The van der Waals surface area contributed by atoms with Crippen molar-refractivity contribution < 1.29 is 8.42 Å².